The van der Waals surface area contributed by atoms with E-state index in [1.54, 1.807) is 18.2 Å². The van der Waals surface area contributed by atoms with Crippen molar-refractivity contribution in [2.24, 2.45) is 0 Å². The summed E-state index contributed by atoms with van der Waals surface area (Å²) in [6.45, 7) is 5.00. The van der Waals surface area contributed by atoms with Gasteiger partial charge in [-0.15, -0.1) is 0 Å². The first-order chi connectivity index (χ1) is 12.6. The second-order valence-corrected chi connectivity index (χ2v) is 6.98. The number of piperazine rings is 1. The highest BCUT2D eigenvalue weighted by atomic mass is 35.5. The topological polar surface area (TPSA) is 35.6 Å². The molecule has 1 saturated heterocycles. The van der Waals surface area contributed by atoms with E-state index in [2.05, 4.69) is 15.1 Å². The molecule has 3 rings (SSSR count). The zero-order chi connectivity index (χ0) is 18.4. The van der Waals surface area contributed by atoms with Crippen LogP contribution in [0.5, 0.6) is 0 Å². The summed E-state index contributed by atoms with van der Waals surface area (Å²) >= 11 is 5.92. The number of amides is 1. The molecule has 1 N–H and O–H groups in total. The van der Waals surface area contributed by atoms with E-state index in [1.165, 1.54) is 11.6 Å². The number of halogens is 2. The van der Waals surface area contributed by atoms with E-state index in [9.17, 15) is 9.18 Å². The zero-order valence-corrected chi connectivity index (χ0v) is 15.4. The Balaban J connectivity index is 1.38. The van der Waals surface area contributed by atoms with E-state index in [-0.39, 0.29) is 18.3 Å². The Hall–Kier alpha value is -1.95. The standard InChI is InChI=1S/C20H23ClFN3O/c21-18-7-5-16(6-8-18)14-24-9-11-25(12-10-24)15-20(26)23-13-17-3-1-2-4-19(17)22/h1-8H,9-15H2,(H,23,26). The fraction of sp³-hybridized carbons (Fsp3) is 0.350. The molecule has 0 atom stereocenters. The molecule has 26 heavy (non-hydrogen) atoms. The van der Waals surface area contributed by atoms with E-state index in [0.29, 0.717) is 12.1 Å². The fourth-order valence-electron chi connectivity index (χ4n) is 3.05. The Kier molecular flexibility index (Phi) is 6.61. The molecule has 0 saturated carbocycles. The highest BCUT2D eigenvalue weighted by Gasteiger charge is 2.19. The van der Waals surface area contributed by atoms with Crippen LogP contribution in [-0.2, 0) is 17.9 Å². The van der Waals surface area contributed by atoms with Crippen LogP contribution in [0.3, 0.4) is 0 Å². The SMILES string of the molecule is O=C(CN1CCN(Cc2ccc(Cl)cc2)CC1)NCc1ccccc1F. The molecule has 0 aromatic heterocycles. The Morgan fingerprint density at radius 1 is 1.00 bits per heavy atom. The molecule has 0 spiro atoms. The molecule has 0 unspecified atom stereocenters. The second-order valence-electron chi connectivity index (χ2n) is 6.55. The molecule has 2 aromatic carbocycles. The second kappa shape index (κ2) is 9.12. The summed E-state index contributed by atoms with van der Waals surface area (Å²) in [4.78, 5) is 16.6. The van der Waals surface area contributed by atoms with Gasteiger partial charge < -0.3 is 5.32 Å². The summed E-state index contributed by atoms with van der Waals surface area (Å²) in [5.74, 6) is -0.358. The maximum absolute atomic E-state index is 13.6. The van der Waals surface area contributed by atoms with Crippen LogP contribution >= 0.6 is 11.6 Å². The summed E-state index contributed by atoms with van der Waals surface area (Å²) < 4.78 is 13.6. The van der Waals surface area contributed by atoms with Gasteiger partial charge in [-0.1, -0.05) is 41.9 Å². The molecule has 4 nitrogen and oxygen atoms in total. The molecule has 138 valence electrons. The minimum absolute atomic E-state index is 0.0700. The molecule has 6 heteroatoms. The number of hydrogen-bond acceptors (Lipinski definition) is 3. The van der Waals surface area contributed by atoms with Gasteiger partial charge in [0.1, 0.15) is 5.82 Å². The number of carbonyl (C=O) groups is 1. The first kappa shape index (κ1) is 18.8. The highest BCUT2D eigenvalue weighted by Crippen LogP contribution is 2.13. The van der Waals surface area contributed by atoms with Gasteiger partial charge in [0.15, 0.2) is 0 Å². The Morgan fingerprint density at radius 3 is 2.35 bits per heavy atom. The molecule has 1 fully saturated rings. The van der Waals surface area contributed by atoms with Crippen molar-refractivity contribution in [2.75, 3.05) is 32.7 Å². The normalized spacial score (nSPS) is 15.8. The largest absolute Gasteiger partial charge is 0.351 e. The highest BCUT2D eigenvalue weighted by molar-refractivity contribution is 6.30. The summed E-state index contributed by atoms with van der Waals surface area (Å²) in [6.07, 6.45) is 0. The number of rotatable bonds is 6. The van der Waals surface area contributed by atoms with E-state index >= 15 is 0 Å². The third kappa shape index (κ3) is 5.53. The zero-order valence-electron chi connectivity index (χ0n) is 14.6. The van der Waals surface area contributed by atoms with Crippen LogP contribution in [0.4, 0.5) is 4.39 Å². The van der Waals surface area contributed by atoms with Gasteiger partial charge in [0.25, 0.3) is 0 Å². The fourth-order valence-corrected chi connectivity index (χ4v) is 3.17. The number of hydrogen-bond donors (Lipinski definition) is 1. The van der Waals surface area contributed by atoms with E-state index < -0.39 is 0 Å². The van der Waals surface area contributed by atoms with Gasteiger partial charge in [-0.2, -0.15) is 0 Å². The van der Waals surface area contributed by atoms with Crippen LogP contribution in [-0.4, -0.2) is 48.4 Å². The van der Waals surface area contributed by atoms with Crippen molar-refractivity contribution in [2.45, 2.75) is 13.1 Å². The number of benzene rings is 2. The van der Waals surface area contributed by atoms with Crippen LogP contribution in [0.2, 0.25) is 5.02 Å². The lowest BCUT2D eigenvalue weighted by atomic mass is 10.2. The predicted octanol–water partition coefficient (Wildman–Crippen LogP) is 2.91. The lowest BCUT2D eigenvalue weighted by Gasteiger charge is -2.34. The van der Waals surface area contributed by atoms with E-state index in [4.69, 9.17) is 11.6 Å². The number of nitrogens with one attached hydrogen (secondary N) is 1. The minimum atomic E-state index is -0.288. The van der Waals surface area contributed by atoms with Gasteiger partial charge in [-0.05, 0) is 23.8 Å². The van der Waals surface area contributed by atoms with Gasteiger partial charge in [0.05, 0.1) is 6.54 Å². The molecule has 0 radical (unpaired) electrons. The summed E-state index contributed by atoms with van der Waals surface area (Å²) in [5.41, 5.74) is 1.75. The molecule has 1 amide bonds. The van der Waals surface area contributed by atoms with Crippen molar-refractivity contribution in [1.29, 1.82) is 0 Å². The third-order valence-corrected chi connectivity index (χ3v) is 4.84. The summed E-state index contributed by atoms with van der Waals surface area (Å²) in [6, 6.07) is 14.4. The summed E-state index contributed by atoms with van der Waals surface area (Å²) in [7, 11) is 0. The van der Waals surface area contributed by atoms with Crippen molar-refractivity contribution in [3.63, 3.8) is 0 Å². The van der Waals surface area contributed by atoms with Crippen molar-refractivity contribution < 1.29 is 9.18 Å². The Morgan fingerprint density at radius 2 is 1.65 bits per heavy atom. The van der Waals surface area contributed by atoms with Crippen molar-refractivity contribution in [3.8, 4) is 0 Å². The third-order valence-electron chi connectivity index (χ3n) is 4.59. The lowest BCUT2D eigenvalue weighted by molar-refractivity contribution is -0.122. The maximum Gasteiger partial charge on any atom is 0.234 e. The molecular formula is C20H23ClFN3O. The maximum atomic E-state index is 13.6. The molecule has 0 aliphatic carbocycles. The molecule has 0 bridgehead atoms. The molecule has 1 aliphatic rings. The quantitative estimate of drug-likeness (QED) is 0.843. The first-order valence-electron chi connectivity index (χ1n) is 8.79. The predicted molar refractivity (Wildman–Crippen MR) is 101 cm³/mol. The number of carbonyl (C=O) groups excluding carboxylic acids is 1. The van der Waals surface area contributed by atoms with Gasteiger partial charge in [-0.3, -0.25) is 14.6 Å². The Labute approximate surface area is 158 Å². The summed E-state index contributed by atoms with van der Waals surface area (Å²) in [5, 5.41) is 3.55. The average molecular weight is 376 g/mol. The van der Waals surface area contributed by atoms with Gasteiger partial charge in [0.2, 0.25) is 5.91 Å². The minimum Gasteiger partial charge on any atom is -0.351 e. The Bertz CT molecular complexity index is 730. The molecule has 1 aliphatic heterocycles. The van der Waals surface area contributed by atoms with Crippen molar-refractivity contribution >= 4 is 17.5 Å². The van der Waals surface area contributed by atoms with Gasteiger partial charge in [-0.25, -0.2) is 4.39 Å². The van der Waals surface area contributed by atoms with Crippen molar-refractivity contribution in [1.82, 2.24) is 15.1 Å². The van der Waals surface area contributed by atoms with Crippen LogP contribution in [0.1, 0.15) is 11.1 Å². The average Bonchev–Trinajstić information content (AvgIpc) is 2.64. The van der Waals surface area contributed by atoms with Crippen LogP contribution in [0.15, 0.2) is 48.5 Å². The van der Waals surface area contributed by atoms with Gasteiger partial charge >= 0.3 is 0 Å². The number of nitrogens with zero attached hydrogens (tertiary/aromatic N) is 2. The van der Waals surface area contributed by atoms with Crippen LogP contribution < -0.4 is 5.32 Å². The van der Waals surface area contributed by atoms with E-state index in [0.717, 1.165) is 37.7 Å². The van der Waals surface area contributed by atoms with Gasteiger partial charge in [0, 0.05) is 49.9 Å². The molecule has 1 heterocycles. The monoisotopic (exact) mass is 375 g/mol. The smallest absolute Gasteiger partial charge is 0.234 e. The van der Waals surface area contributed by atoms with E-state index in [1.807, 2.05) is 24.3 Å². The van der Waals surface area contributed by atoms with Crippen LogP contribution in [0, 0.1) is 5.82 Å². The van der Waals surface area contributed by atoms with Crippen LogP contribution in [0.25, 0.3) is 0 Å². The van der Waals surface area contributed by atoms with Crippen molar-refractivity contribution in [3.05, 3.63) is 70.5 Å². The molecular weight excluding hydrogens is 353 g/mol. The lowest BCUT2D eigenvalue weighted by Crippen LogP contribution is -2.49. The first-order valence-corrected chi connectivity index (χ1v) is 9.17. The molecule has 2 aromatic rings.